The molecule has 3 rings (SSSR count). The van der Waals surface area contributed by atoms with Gasteiger partial charge in [0, 0.05) is 44.3 Å². The fourth-order valence-electron chi connectivity index (χ4n) is 4.15. The molecule has 0 bridgehead atoms. The molecule has 2 atom stereocenters. The summed E-state index contributed by atoms with van der Waals surface area (Å²) in [5.41, 5.74) is 1.18. The van der Waals surface area contributed by atoms with Gasteiger partial charge in [-0.1, -0.05) is 12.8 Å². The zero-order valence-corrected chi connectivity index (χ0v) is 15.2. The zero-order chi connectivity index (χ0) is 15.7. The fourth-order valence-corrected chi connectivity index (χ4v) is 4.15. The van der Waals surface area contributed by atoms with Crippen molar-refractivity contribution in [3.63, 3.8) is 0 Å². The smallest absolute Gasteiger partial charge is 0.228 e. The number of nitrogens with one attached hydrogen (secondary N) is 1. The monoisotopic (exact) mass is 340 g/mol. The van der Waals surface area contributed by atoms with E-state index in [9.17, 15) is 4.79 Å². The summed E-state index contributed by atoms with van der Waals surface area (Å²) in [7, 11) is 1.93. The number of nitrogens with zero attached hydrogens (tertiary/aromatic N) is 3. The maximum atomic E-state index is 13.2. The summed E-state index contributed by atoms with van der Waals surface area (Å²) in [4.78, 5) is 15.4. The largest absolute Gasteiger partial charge is 0.337 e. The van der Waals surface area contributed by atoms with E-state index in [0.29, 0.717) is 11.9 Å². The number of hydrogen-bond acceptors (Lipinski definition) is 3. The number of amides is 1. The molecule has 5 nitrogen and oxygen atoms in total. The highest BCUT2D eigenvalue weighted by molar-refractivity contribution is 5.85. The van der Waals surface area contributed by atoms with Crippen LogP contribution in [0.1, 0.15) is 51.0 Å². The number of halogens is 1. The standard InChI is InChI=1S/C17H28N4O.ClH/c1-12(2)21(14-6-4-5-7-14)17(22)16-10-18-9-15(16)13-8-19-20(3)11-13;/h8,11-12,14-16,18H,4-7,9-10H2,1-3H3;1H/t15-,16+;/m1./s1. The molecule has 2 fully saturated rings. The molecule has 2 heterocycles. The quantitative estimate of drug-likeness (QED) is 0.915. The molecular formula is C17H29ClN4O. The Labute approximate surface area is 145 Å². The van der Waals surface area contributed by atoms with Crippen LogP contribution in [0.15, 0.2) is 12.4 Å². The van der Waals surface area contributed by atoms with Crippen LogP contribution in [0.5, 0.6) is 0 Å². The van der Waals surface area contributed by atoms with Crippen LogP contribution in [0.3, 0.4) is 0 Å². The van der Waals surface area contributed by atoms with Gasteiger partial charge >= 0.3 is 0 Å². The Balaban J connectivity index is 0.00000192. The van der Waals surface area contributed by atoms with E-state index in [1.807, 2.05) is 24.1 Å². The van der Waals surface area contributed by atoms with Crippen molar-refractivity contribution in [2.24, 2.45) is 13.0 Å². The van der Waals surface area contributed by atoms with Crippen molar-refractivity contribution in [1.82, 2.24) is 20.0 Å². The van der Waals surface area contributed by atoms with Gasteiger partial charge in [-0.15, -0.1) is 12.4 Å². The van der Waals surface area contributed by atoms with Gasteiger partial charge in [0.15, 0.2) is 0 Å². The van der Waals surface area contributed by atoms with Crippen LogP contribution in [-0.4, -0.2) is 45.8 Å². The minimum atomic E-state index is 0. The lowest BCUT2D eigenvalue weighted by Gasteiger charge is -2.36. The van der Waals surface area contributed by atoms with Gasteiger partial charge in [0.2, 0.25) is 5.91 Å². The van der Waals surface area contributed by atoms with Crippen LogP contribution >= 0.6 is 12.4 Å². The molecule has 1 saturated heterocycles. The Hall–Kier alpha value is -1.07. The fraction of sp³-hybridized carbons (Fsp3) is 0.765. The SMILES string of the molecule is CC(C)N(C(=O)[C@H]1CNC[C@@H]1c1cnn(C)c1)C1CCCC1.Cl. The minimum absolute atomic E-state index is 0. The van der Waals surface area contributed by atoms with E-state index < -0.39 is 0 Å². The van der Waals surface area contributed by atoms with Crippen LogP contribution in [0, 0.1) is 5.92 Å². The van der Waals surface area contributed by atoms with Crippen LogP contribution < -0.4 is 5.32 Å². The second kappa shape index (κ2) is 7.67. The molecule has 1 saturated carbocycles. The predicted octanol–water partition coefficient (Wildman–Crippen LogP) is 2.32. The summed E-state index contributed by atoms with van der Waals surface area (Å²) in [5.74, 6) is 0.636. The van der Waals surface area contributed by atoms with E-state index in [1.54, 1.807) is 0 Å². The maximum absolute atomic E-state index is 13.2. The van der Waals surface area contributed by atoms with E-state index in [2.05, 4.69) is 29.2 Å². The molecule has 0 radical (unpaired) electrons. The lowest BCUT2D eigenvalue weighted by Crippen LogP contribution is -2.47. The Morgan fingerprint density at radius 3 is 2.61 bits per heavy atom. The van der Waals surface area contributed by atoms with Gasteiger partial charge in [-0.3, -0.25) is 9.48 Å². The van der Waals surface area contributed by atoms with E-state index >= 15 is 0 Å². The molecule has 0 spiro atoms. The van der Waals surface area contributed by atoms with E-state index in [4.69, 9.17) is 0 Å². The Kier molecular flexibility index (Phi) is 6.09. The molecule has 1 amide bonds. The molecule has 1 N–H and O–H groups in total. The Bertz CT molecular complexity index is 524. The third kappa shape index (κ3) is 3.72. The number of carbonyl (C=O) groups excluding carboxylic acids is 1. The van der Waals surface area contributed by atoms with Crippen LogP contribution in [0.4, 0.5) is 0 Å². The Morgan fingerprint density at radius 2 is 2.04 bits per heavy atom. The van der Waals surface area contributed by atoms with Gasteiger partial charge in [0.1, 0.15) is 0 Å². The van der Waals surface area contributed by atoms with Crippen LogP contribution in [0.2, 0.25) is 0 Å². The van der Waals surface area contributed by atoms with E-state index in [-0.39, 0.29) is 30.3 Å². The highest BCUT2D eigenvalue weighted by atomic mass is 35.5. The summed E-state index contributed by atoms with van der Waals surface area (Å²) >= 11 is 0. The van der Waals surface area contributed by atoms with Crippen LogP contribution in [0.25, 0.3) is 0 Å². The lowest BCUT2D eigenvalue weighted by molar-refractivity contribution is -0.139. The summed E-state index contributed by atoms with van der Waals surface area (Å²) in [6.45, 7) is 5.96. The van der Waals surface area contributed by atoms with Gasteiger partial charge in [0.05, 0.1) is 12.1 Å². The molecular weight excluding hydrogens is 312 g/mol. The number of carbonyl (C=O) groups is 1. The first-order valence-electron chi connectivity index (χ1n) is 8.59. The van der Waals surface area contributed by atoms with Crippen molar-refractivity contribution in [3.05, 3.63) is 18.0 Å². The van der Waals surface area contributed by atoms with Crippen molar-refractivity contribution in [1.29, 1.82) is 0 Å². The third-order valence-corrected chi connectivity index (χ3v) is 5.21. The average molecular weight is 341 g/mol. The van der Waals surface area contributed by atoms with Gasteiger partial charge in [-0.25, -0.2) is 0 Å². The molecule has 1 aromatic heterocycles. The average Bonchev–Trinajstić information content (AvgIpc) is 3.17. The van der Waals surface area contributed by atoms with E-state index in [1.165, 1.54) is 31.2 Å². The van der Waals surface area contributed by atoms with Gasteiger partial charge in [0.25, 0.3) is 0 Å². The van der Waals surface area contributed by atoms with Crippen LogP contribution in [-0.2, 0) is 11.8 Å². The first-order chi connectivity index (χ1) is 10.6. The summed E-state index contributed by atoms with van der Waals surface area (Å²) in [6, 6.07) is 0.730. The molecule has 1 aliphatic carbocycles. The molecule has 2 aliphatic rings. The highest BCUT2D eigenvalue weighted by Gasteiger charge is 2.40. The first kappa shape index (κ1) is 18.3. The van der Waals surface area contributed by atoms with Crippen molar-refractivity contribution in [3.8, 4) is 0 Å². The summed E-state index contributed by atoms with van der Waals surface area (Å²) in [5, 5.41) is 7.69. The number of hydrogen-bond donors (Lipinski definition) is 1. The zero-order valence-electron chi connectivity index (χ0n) is 14.4. The van der Waals surface area contributed by atoms with Crippen molar-refractivity contribution < 1.29 is 4.79 Å². The van der Waals surface area contributed by atoms with E-state index in [0.717, 1.165) is 13.1 Å². The number of aryl methyl sites for hydroxylation is 1. The summed E-state index contributed by atoms with van der Waals surface area (Å²) < 4.78 is 1.83. The molecule has 23 heavy (non-hydrogen) atoms. The minimum Gasteiger partial charge on any atom is -0.337 e. The second-order valence-electron chi connectivity index (χ2n) is 7.10. The molecule has 0 unspecified atom stereocenters. The first-order valence-corrected chi connectivity index (χ1v) is 8.59. The molecule has 130 valence electrons. The topological polar surface area (TPSA) is 50.2 Å². The lowest BCUT2D eigenvalue weighted by atomic mass is 9.89. The van der Waals surface area contributed by atoms with Crippen molar-refractivity contribution in [2.75, 3.05) is 13.1 Å². The van der Waals surface area contributed by atoms with Crippen molar-refractivity contribution >= 4 is 18.3 Å². The molecule has 1 aromatic rings. The second-order valence-corrected chi connectivity index (χ2v) is 7.10. The maximum Gasteiger partial charge on any atom is 0.228 e. The summed E-state index contributed by atoms with van der Waals surface area (Å²) in [6.07, 6.45) is 8.82. The normalized spacial score (nSPS) is 24.9. The molecule has 1 aliphatic heterocycles. The van der Waals surface area contributed by atoms with Crippen molar-refractivity contribution in [2.45, 2.75) is 57.5 Å². The number of aromatic nitrogens is 2. The van der Waals surface area contributed by atoms with Gasteiger partial charge in [-0.2, -0.15) is 5.10 Å². The number of rotatable bonds is 4. The third-order valence-electron chi connectivity index (χ3n) is 5.21. The molecule has 6 heteroatoms. The highest BCUT2D eigenvalue weighted by Crippen LogP contribution is 2.33. The Morgan fingerprint density at radius 1 is 1.35 bits per heavy atom. The molecule has 0 aromatic carbocycles. The van der Waals surface area contributed by atoms with Gasteiger partial charge in [-0.05, 0) is 32.3 Å². The van der Waals surface area contributed by atoms with Gasteiger partial charge < -0.3 is 10.2 Å². The predicted molar refractivity (Wildman–Crippen MR) is 93.8 cm³/mol.